The summed E-state index contributed by atoms with van der Waals surface area (Å²) < 4.78 is 0. The molecule has 3 heteroatoms. The molecule has 0 fully saturated rings. The molecule has 1 aromatic heterocycles. The average molecular weight is 151 g/mol. The number of anilines is 1. The van der Waals surface area contributed by atoms with Crippen molar-refractivity contribution in [3.63, 3.8) is 0 Å². The van der Waals surface area contributed by atoms with Gasteiger partial charge in [-0.05, 0) is 5.41 Å². The number of hydrogen-bond acceptors (Lipinski definition) is 3. The van der Waals surface area contributed by atoms with E-state index in [0.717, 1.165) is 5.56 Å². The fraction of sp³-hybridized carbons (Fsp3) is 0.500. The molecule has 0 aromatic carbocycles. The minimum Gasteiger partial charge on any atom is -0.383 e. The van der Waals surface area contributed by atoms with Crippen LogP contribution in [0.15, 0.2) is 12.5 Å². The second kappa shape index (κ2) is 2.49. The van der Waals surface area contributed by atoms with Gasteiger partial charge in [0.15, 0.2) is 0 Å². The lowest BCUT2D eigenvalue weighted by Crippen LogP contribution is -2.15. The van der Waals surface area contributed by atoms with Gasteiger partial charge >= 0.3 is 0 Å². The van der Waals surface area contributed by atoms with Gasteiger partial charge in [-0.25, -0.2) is 9.97 Å². The van der Waals surface area contributed by atoms with E-state index in [0.29, 0.717) is 5.82 Å². The lowest BCUT2D eigenvalue weighted by atomic mass is 9.88. The molecule has 0 aliphatic rings. The number of aromatic nitrogens is 2. The molecule has 0 spiro atoms. The quantitative estimate of drug-likeness (QED) is 0.609. The number of hydrogen-bond donors (Lipinski definition) is 1. The van der Waals surface area contributed by atoms with Crippen LogP contribution in [0, 0.1) is 0 Å². The summed E-state index contributed by atoms with van der Waals surface area (Å²) >= 11 is 0. The van der Waals surface area contributed by atoms with Crippen molar-refractivity contribution in [3.8, 4) is 0 Å². The molecule has 0 radical (unpaired) electrons. The predicted molar refractivity (Wildman–Crippen MR) is 45.1 cm³/mol. The first-order chi connectivity index (χ1) is 5.02. The third-order valence-electron chi connectivity index (χ3n) is 1.55. The number of nitrogen functional groups attached to an aromatic ring is 1. The van der Waals surface area contributed by atoms with Crippen LogP contribution >= 0.6 is 0 Å². The molecule has 2 N–H and O–H groups in total. The molecule has 0 saturated heterocycles. The van der Waals surface area contributed by atoms with Crippen LogP contribution in [0.4, 0.5) is 5.82 Å². The Morgan fingerprint density at radius 1 is 1.36 bits per heavy atom. The zero-order chi connectivity index (χ0) is 8.48. The maximum absolute atomic E-state index is 5.66. The van der Waals surface area contributed by atoms with Gasteiger partial charge in [0.25, 0.3) is 0 Å². The molecule has 0 atom stereocenters. The van der Waals surface area contributed by atoms with Crippen LogP contribution in [0.5, 0.6) is 0 Å². The molecule has 0 bridgehead atoms. The topological polar surface area (TPSA) is 51.8 Å². The largest absolute Gasteiger partial charge is 0.383 e. The fourth-order valence-electron chi connectivity index (χ4n) is 0.917. The molecule has 1 rings (SSSR count). The highest BCUT2D eigenvalue weighted by Crippen LogP contribution is 2.24. The summed E-state index contributed by atoms with van der Waals surface area (Å²) in [5, 5.41) is 0. The van der Waals surface area contributed by atoms with Gasteiger partial charge in [-0.1, -0.05) is 20.8 Å². The van der Waals surface area contributed by atoms with Crippen molar-refractivity contribution in [1.29, 1.82) is 0 Å². The van der Waals surface area contributed by atoms with Crippen LogP contribution in [0.2, 0.25) is 0 Å². The van der Waals surface area contributed by atoms with E-state index >= 15 is 0 Å². The summed E-state index contributed by atoms with van der Waals surface area (Å²) in [7, 11) is 0. The minimum absolute atomic E-state index is 0.0331. The van der Waals surface area contributed by atoms with Crippen LogP contribution in [0.1, 0.15) is 26.3 Å². The summed E-state index contributed by atoms with van der Waals surface area (Å²) in [5.74, 6) is 0.576. The Bertz CT molecular complexity index is 250. The zero-order valence-electron chi connectivity index (χ0n) is 7.13. The van der Waals surface area contributed by atoms with Crippen molar-refractivity contribution in [1.82, 2.24) is 9.97 Å². The summed E-state index contributed by atoms with van der Waals surface area (Å²) in [6.07, 6.45) is 3.23. The van der Waals surface area contributed by atoms with Gasteiger partial charge in [0.05, 0.1) is 0 Å². The molecule has 0 saturated carbocycles. The summed E-state index contributed by atoms with van der Waals surface area (Å²) in [4.78, 5) is 7.83. The van der Waals surface area contributed by atoms with E-state index in [1.807, 2.05) is 0 Å². The van der Waals surface area contributed by atoms with Gasteiger partial charge in [0, 0.05) is 11.8 Å². The Morgan fingerprint density at radius 2 is 2.00 bits per heavy atom. The molecule has 0 unspecified atom stereocenters. The zero-order valence-corrected chi connectivity index (χ0v) is 7.13. The first-order valence-electron chi connectivity index (χ1n) is 3.58. The molecular formula is C8H13N3. The molecule has 3 nitrogen and oxygen atoms in total. The Hall–Kier alpha value is -1.12. The van der Waals surface area contributed by atoms with Crippen molar-refractivity contribution in [2.24, 2.45) is 0 Å². The third-order valence-corrected chi connectivity index (χ3v) is 1.55. The van der Waals surface area contributed by atoms with Crippen molar-refractivity contribution in [3.05, 3.63) is 18.1 Å². The van der Waals surface area contributed by atoms with Gasteiger partial charge in [-0.2, -0.15) is 0 Å². The maximum Gasteiger partial charge on any atom is 0.130 e. The number of nitrogens with two attached hydrogens (primary N) is 1. The highest BCUT2D eigenvalue weighted by atomic mass is 14.9. The Morgan fingerprint density at radius 3 is 2.36 bits per heavy atom. The summed E-state index contributed by atoms with van der Waals surface area (Å²) in [6, 6.07) is 0. The molecule has 0 aliphatic carbocycles. The van der Waals surface area contributed by atoms with Crippen molar-refractivity contribution in [2.45, 2.75) is 26.2 Å². The first kappa shape index (κ1) is 7.98. The third kappa shape index (κ3) is 1.67. The second-order valence-corrected chi connectivity index (χ2v) is 3.57. The van der Waals surface area contributed by atoms with Crippen LogP contribution in [0.25, 0.3) is 0 Å². The summed E-state index contributed by atoms with van der Waals surface area (Å²) in [6.45, 7) is 6.26. The number of rotatable bonds is 0. The van der Waals surface area contributed by atoms with Crippen molar-refractivity contribution in [2.75, 3.05) is 5.73 Å². The number of nitrogens with zero attached hydrogens (tertiary/aromatic N) is 2. The molecule has 0 amide bonds. The monoisotopic (exact) mass is 151 g/mol. The lowest BCUT2D eigenvalue weighted by Gasteiger charge is -2.18. The van der Waals surface area contributed by atoms with Gasteiger partial charge < -0.3 is 5.73 Å². The van der Waals surface area contributed by atoms with Crippen molar-refractivity contribution >= 4 is 5.82 Å². The van der Waals surface area contributed by atoms with Crippen LogP contribution in [0.3, 0.4) is 0 Å². The highest BCUT2D eigenvalue weighted by Gasteiger charge is 2.17. The maximum atomic E-state index is 5.66. The highest BCUT2D eigenvalue weighted by molar-refractivity contribution is 5.41. The molecular weight excluding hydrogens is 138 g/mol. The minimum atomic E-state index is 0.0331. The van der Waals surface area contributed by atoms with E-state index in [1.54, 1.807) is 6.20 Å². The van der Waals surface area contributed by atoms with E-state index in [2.05, 4.69) is 30.7 Å². The first-order valence-corrected chi connectivity index (χ1v) is 3.58. The van der Waals surface area contributed by atoms with Gasteiger partial charge in [0.2, 0.25) is 0 Å². The predicted octanol–water partition coefficient (Wildman–Crippen LogP) is 1.36. The van der Waals surface area contributed by atoms with E-state index in [4.69, 9.17) is 5.73 Å². The van der Waals surface area contributed by atoms with Gasteiger partial charge in [0.1, 0.15) is 12.1 Å². The molecule has 1 heterocycles. The molecule has 1 aromatic rings. The van der Waals surface area contributed by atoms with Crippen LogP contribution < -0.4 is 5.73 Å². The van der Waals surface area contributed by atoms with E-state index in [1.165, 1.54) is 6.33 Å². The summed E-state index contributed by atoms with van der Waals surface area (Å²) in [5.41, 5.74) is 6.69. The van der Waals surface area contributed by atoms with E-state index < -0.39 is 0 Å². The van der Waals surface area contributed by atoms with Crippen LogP contribution in [-0.2, 0) is 5.41 Å². The smallest absolute Gasteiger partial charge is 0.130 e. The normalized spacial score (nSPS) is 11.5. The SMILES string of the molecule is CC(C)(C)c1cncnc1N. The molecule has 11 heavy (non-hydrogen) atoms. The van der Waals surface area contributed by atoms with Gasteiger partial charge in [-0.3, -0.25) is 0 Å². The lowest BCUT2D eigenvalue weighted by molar-refractivity contribution is 0.587. The van der Waals surface area contributed by atoms with E-state index in [9.17, 15) is 0 Å². The molecule has 0 aliphatic heterocycles. The van der Waals surface area contributed by atoms with Crippen molar-refractivity contribution < 1.29 is 0 Å². The van der Waals surface area contributed by atoms with E-state index in [-0.39, 0.29) is 5.41 Å². The van der Waals surface area contributed by atoms with Gasteiger partial charge in [-0.15, -0.1) is 0 Å². The average Bonchev–Trinajstić information content (AvgIpc) is 1.86. The Kier molecular flexibility index (Phi) is 1.81. The molecule has 60 valence electrons. The Labute approximate surface area is 66.7 Å². The van der Waals surface area contributed by atoms with Crippen LogP contribution in [-0.4, -0.2) is 9.97 Å². The second-order valence-electron chi connectivity index (χ2n) is 3.57. The fourth-order valence-corrected chi connectivity index (χ4v) is 0.917. The standard InChI is InChI=1S/C8H13N3/c1-8(2,3)6-4-10-5-11-7(6)9/h4-5H,1-3H3,(H2,9,10,11). The Balaban J connectivity index is 3.14.